The number of nitrogens with one attached hydrogen (secondary N) is 3. The molecule has 1 fully saturated rings. The number of anilines is 1. The zero-order chi connectivity index (χ0) is 19.5. The van der Waals surface area contributed by atoms with Gasteiger partial charge in [-0.1, -0.05) is 6.07 Å². The van der Waals surface area contributed by atoms with Crippen molar-refractivity contribution in [2.45, 2.75) is 71.9 Å². The minimum Gasteiger partial charge on any atom is -0.352 e. The van der Waals surface area contributed by atoms with Crippen LogP contribution in [0.4, 0.5) is 5.69 Å². The maximum absolute atomic E-state index is 12.6. The predicted molar refractivity (Wildman–Crippen MR) is 106 cm³/mol. The number of rotatable bonds is 5. The largest absolute Gasteiger partial charge is 0.352 e. The second-order valence-corrected chi connectivity index (χ2v) is 8.81. The number of hydrogen-bond acceptors (Lipinski definition) is 3. The third kappa shape index (κ3) is 5.56. The van der Waals surface area contributed by atoms with Gasteiger partial charge in [-0.15, -0.1) is 0 Å². The molecule has 5 nitrogen and oxygen atoms in total. The molecule has 5 heteroatoms. The van der Waals surface area contributed by atoms with E-state index in [-0.39, 0.29) is 22.9 Å². The number of carbonyl (C=O) groups excluding carboxylic acids is 2. The number of hydrogen-bond donors (Lipinski definition) is 3. The maximum atomic E-state index is 12.6. The molecule has 1 saturated heterocycles. The minimum absolute atomic E-state index is 0.0136. The molecule has 0 unspecified atom stereocenters. The van der Waals surface area contributed by atoms with Crippen molar-refractivity contribution in [3.05, 3.63) is 29.3 Å². The van der Waals surface area contributed by atoms with Crippen LogP contribution in [0, 0.1) is 12.8 Å². The molecule has 1 aliphatic rings. The summed E-state index contributed by atoms with van der Waals surface area (Å²) in [6, 6.07) is 5.42. The highest BCUT2D eigenvalue weighted by molar-refractivity contribution is 5.97. The number of carbonyl (C=O) groups is 2. The summed E-state index contributed by atoms with van der Waals surface area (Å²) in [4.78, 5) is 24.7. The van der Waals surface area contributed by atoms with Crippen molar-refractivity contribution < 1.29 is 9.59 Å². The first-order valence-corrected chi connectivity index (χ1v) is 9.49. The molecular formula is C21H33N3O2. The monoisotopic (exact) mass is 359 g/mol. The SMILES string of the molecule is CCNC(=O)c1ccc(C)c(NC(=O)CC2CC(C)(C)NC(C)(C)C2)c1. The summed E-state index contributed by atoms with van der Waals surface area (Å²) in [5.74, 6) is 0.234. The molecule has 0 spiro atoms. The number of amides is 2. The second kappa shape index (κ2) is 7.78. The molecule has 3 N–H and O–H groups in total. The summed E-state index contributed by atoms with van der Waals surface area (Å²) < 4.78 is 0. The number of piperidine rings is 1. The van der Waals surface area contributed by atoms with Crippen LogP contribution in [0.3, 0.4) is 0 Å². The van der Waals surface area contributed by atoms with Crippen molar-refractivity contribution in [1.29, 1.82) is 0 Å². The lowest BCUT2D eigenvalue weighted by molar-refractivity contribution is -0.117. The van der Waals surface area contributed by atoms with Crippen LogP contribution in [-0.2, 0) is 4.79 Å². The van der Waals surface area contributed by atoms with Crippen molar-refractivity contribution in [3.8, 4) is 0 Å². The topological polar surface area (TPSA) is 70.2 Å². The Bertz CT molecular complexity index is 664. The highest BCUT2D eigenvalue weighted by atomic mass is 16.2. The number of aryl methyl sites for hydroxylation is 1. The van der Waals surface area contributed by atoms with Crippen LogP contribution >= 0.6 is 0 Å². The van der Waals surface area contributed by atoms with Gasteiger partial charge in [0.15, 0.2) is 0 Å². The normalized spacial score (nSPS) is 19.0. The smallest absolute Gasteiger partial charge is 0.251 e. The first-order chi connectivity index (χ1) is 12.0. The standard InChI is InChI=1S/C21H33N3O2/c1-7-22-19(26)16-9-8-14(2)17(11-16)23-18(25)10-15-12-20(3,4)24-21(5,6)13-15/h8-9,11,15,24H,7,10,12-13H2,1-6H3,(H,22,26)(H,23,25). The van der Waals surface area contributed by atoms with E-state index < -0.39 is 0 Å². The van der Waals surface area contributed by atoms with Crippen molar-refractivity contribution >= 4 is 17.5 Å². The first-order valence-electron chi connectivity index (χ1n) is 9.49. The lowest BCUT2D eigenvalue weighted by atomic mass is 9.74. The van der Waals surface area contributed by atoms with Gasteiger partial charge in [0.25, 0.3) is 5.91 Å². The third-order valence-electron chi connectivity index (χ3n) is 4.86. The molecule has 0 aliphatic carbocycles. The molecule has 1 aromatic rings. The fourth-order valence-corrected chi connectivity index (χ4v) is 4.30. The fourth-order valence-electron chi connectivity index (χ4n) is 4.30. The van der Waals surface area contributed by atoms with Crippen LogP contribution in [-0.4, -0.2) is 29.4 Å². The van der Waals surface area contributed by atoms with E-state index in [2.05, 4.69) is 43.6 Å². The van der Waals surface area contributed by atoms with E-state index in [0.717, 1.165) is 18.4 Å². The Morgan fingerprint density at radius 3 is 2.35 bits per heavy atom. The molecule has 0 saturated carbocycles. The number of benzene rings is 1. The quantitative estimate of drug-likeness (QED) is 0.752. The predicted octanol–water partition coefficient (Wildman–Crippen LogP) is 3.63. The summed E-state index contributed by atoms with van der Waals surface area (Å²) in [6.45, 7) is 13.2. The summed E-state index contributed by atoms with van der Waals surface area (Å²) in [7, 11) is 0. The van der Waals surface area contributed by atoms with E-state index >= 15 is 0 Å². The van der Waals surface area contributed by atoms with Gasteiger partial charge in [0.2, 0.25) is 5.91 Å². The van der Waals surface area contributed by atoms with Crippen molar-refractivity contribution in [1.82, 2.24) is 10.6 Å². The van der Waals surface area contributed by atoms with Gasteiger partial charge in [-0.2, -0.15) is 0 Å². The van der Waals surface area contributed by atoms with Gasteiger partial charge >= 0.3 is 0 Å². The molecule has 2 rings (SSSR count). The molecule has 0 radical (unpaired) electrons. The fraction of sp³-hybridized carbons (Fsp3) is 0.619. The molecule has 1 heterocycles. The van der Waals surface area contributed by atoms with Crippen molar-refractivity contribution in [2.24, 2.45) is 5.92 Å². The van der Waals surface area contributed by atoms with E-state index in [4.69, 9.17) is 0 Å². The zero-order valence-corrected chi connectivity index (χ0v) is 17.0. The molecule has 144 valence electrons. The zero-order valence-electron chi connectivity index (χ0n) is 17.0. The average molecular weight is 360 g/mol. The first kappa shape index (κ1) is 20.4. The van der Waals surface area contributed by atoms with Gasteiger partial charge in [0.1, 0.15) is 0 Å². The lowest BCUT2D eigenvalue weighted by Crippen LogP contribution is -2.58. The van der Waals surface area contributed by atoms with Crippen LogP contribution in [0.5, 0.6) is 0 Å². The Kier molecular flexibility index (Phi) is 6.12. The van der Waals surface area contributed by atoms with Gasteiger partial charge in [-0.05, 0) is 78.0 Å². The Morgan fingerprint density at radius 1 is 1.15 bits per heavy atom. The van der Waals surface area contributed by atoms with Gasteiger partial charge in [0.05, 0.1) is 0 Å². The van der Waals surface area contributed by atoms with Gasteiger partial charge in [-0.25, -0.2) is 0 Å². The maximum Gasteiger partial charge on any atom is 0.251 e. The molecular weight excluding hydrogens is 326 g/mol. The Hall–Kier alpha value is -1.88. The summed E-state index contributed by atoms with van der Waals surface area (Å²) >= 11 is 0. The Labute approximate surface area is 157 Å². The highest BCUT2D eigenvalue weighted by Gasteiger charge is 2.38. The van der Waals surface area contributed by atoms with Crippen LogP contribution < -0.4 is 16.0 Å². The molecule has 0 bridgehead atoms. The molecule has 1 aromatic carbocycles. The second-order valence-electron chi connectivity index (χ2n) is 8.81. The van der Waals surface area contributed by atoms with Crippen molar-refractivity contribution in [3.63, 3.8) is 0 Å². The third-order valence-corrected chi connectivity index (χ3v) is 4.86. The van der Waals surface area contributed by atoms with Gasteiger partial charge in [-0.3, -0.25) is 9.59 Å². The highest BCUT2D eigenvalue weighted by Crippen LogP contribution is 2.34. The minimum atomic E-state index is -0.121. The Morgan fingerprint density at radius 2 is 1.77 bits per heavy atom. The molecule has 0 atom stereocenters. The average Bonchev–Trinajstić information content (AvgIpc) is 2.46. The van der Waals surface area contributed by atoms with Crippen LogP contribution in [0.15, 0.2) is 18.2 Å². The molecule has 0 aromatic heterocycles. The summed E-state index contributed by atoms with van der Waals surface area (Å²) in [5.41, 5.74) is 2.29. The van der Waals surface area contributed by atoms with Crippen LogP contribution in [0.2, 0.25) is 0 Å². The molecule has 1 aliphatic heterocycles. The van der Waals surface area contributed by atoms with E-state index in [1.807, 2.05) is 19.9 Å². The molecule has 26 heavy (non-hydrogen) atoms. The van der Waals surface area contributed by atoms with E-state index in [0.29, 0.717) is 30.1 Å². The van der Waals surface area contributed by atoms with E-state index in [1.54, 1.807) is 12.1 Å². The summed E-state index contributed by atoms with van der Waals surface area (Å²) in [6.07, 6.45) is 2.45. The molecule has 2 amide bonds. The van der Waals surface area contributed by atoms with E-state index in [1.165, 1.54) is 0 Å². The van der Waals surface area contributed by atoms with Crippen molar-refractivity contribution in [2.75, 3.05) is 11.9 Å². The van der Waals surface area contributed by atoms with Crippen LogP contribution in [0.1, 0.15) is 69.8 Å². The van der Waals surface area contributed by atoms with E-state index in [9.17, 15) is 9.59 Å². The summed E-state index contributed by atoms with van der Waals surface area (Å²) in [5, 5.41) is 9.45. The van der Waals surface area contributed by atoms with Crippen LogP contribution in [0.25, 0.3) is 0 Å². The lowest BCUT2D eigenvalue weighted by Gasteiger charge is -2.46. The van der Waals surface area contributed by atoms with Gasteiger partial charge in [0, 0.05) is 35.3 Å². The Balaban J connectivity index is 2.05. The van der Waals surface area contributed by atoms with Gasteiger partial charge < -0.3 is 16.0 Å².